The summed E-state index contributed by atoms with van der Waals surface area (Å²) in [4.78, 5) is 40.1. The summed E-state index contributed by atoms with van der Waals surface area (Å²) in [7, 11) is 1.39. The van der Waals surface area contributed by atoms with Crippen molar-refractivity contribution in [3.63, 3.8) is 0 Å². The van der Waals surface area contributed by atoms with Gasteiger partial charge in [-0.2, -0.15) is 0 Å². The van der Waals surface area contributed by atoms with Crippen LogP contribution in [0, 0.1) is 50.7 Å². The topological polar surface area (TPSA) is 119 Å². The van der Waals surface area contributed by atoms with E-state index in [1.54, 1.807) is 0 Å². The molecule has 6 aliphatic rings. The molecule has 8 heteroatoms. The number of benzene rings is 1. The monoisotopic (exact) mass is 899 g/mol. The predicted molar refractivity (Wildman–Crippen MR) is 257 cm³/mol. The first-order valence-electron chi connectivity index (χ1n) is 26.3. The summed E-state index contributed by atoms with van der Waals surface area (Å²) in [5, 5.41) is 23.8. The van der Waals surface area contributed by atoms with Gasteiger partial charge >= 0.3 is 11.9 Å². The van der Waals surface area contributed by atoms with Crippen LogP contribution in [0.3, 0.4) is 0 Å². The molecule has 4 fully saturated rings. The van der Waals surface area contributed by atoms with Crippen LogP contribution in [0.4, 0.5) is 0 Å². The Hall–Kier alpha value is -2.81. The second-order valence-corrected chi connectivity index (χ2v) is 23.0. The Morgan fingerprint density at radius 2 is 1.54 bits per heavy atom. The molecule has 1 aromatic rings. The summed E-state index contributed by atoms with van der Waals surface area (Å²) in [5.74, 6) is -1.35. The lowest BCUT2D eigenvalue weighted by Crippen LogP contribution is -2.64. The molecule has 0 amide bonds. The second kappa shape index (κ2) is 20.8. The molecule has 1 saturated heterocycles. The average Bonchev–Trinajstić information content (AvgIpc) is 3.87. The number of fused-ring (bicyclic) bond motifs is 5. The standard InChI is InChI=1S/C57H86O8/c1-7-8-9-10-11-12-13-14-15-16-17-18-19-20-24-27-50(60)65-39-52(2,62)37-43(58)35-44(51(61)63-6)45-29-33-57-38-56(45,57)32-30-47-53(3)31-28-42-34-46(41-25-22-21-23-26-41)64-40-54(42,4)48(53)36-49(59)55(47,57)5/h21-23,25-26,28,30,32,44-49,59,62H,7-20,24,27,29,31,33-40H2,1-6H3/t44?,45-,46-,47+,48+,49+,52?,53+,54-,55-,56+,57+/m0/s1. The fourth-order valence-electron chi connectivity index (χ4n) is 15.2. The van der Waals surface area contributed by atoms with Crippen molar-refractivity contribution < 1.29 is 38.8 Å². The molecule has 1 aliphatic heterocycles. The molecule has 362 valence electrons. The van der Waals surface area contributed by atoms with Crippen LogP contribution in [0.1, 0.15) is 200 Å². The van der Waals surface area contributed by atoms with Gasteiger partial charge in [0.1, 0.15) is 18.0 Å². The van der Waals surface area contributed by atoms with Gasteiger partial charge in [-0.05, 0) is 91.4 Å². The highest BCUT2D eigenvalue weighted by molar-refractivity contribution is 5.85. The number of ketones is 1. The second-order valence-electron chi connectivity index (χ2n) is 23.0. The third kappa shape index (κ3) is 9.90. The van der Waals surface area contributed by atoms with Gasteiger partial charge in [-0.25, -0.2) is 0 Å². The number of unbranched alkanes of at least 4 members (excludes halogenated alkanes) is 14. The maximum atomic E-state index is 13.8. The summed E-state index contributed by atoms with van der Waals surface area (Å²) in [6, 6.07) is 10.5. The largest absolute Gasteiger partial charge is 0.469 e. The third-order valence-corrected chi connectivity index (χ3v) is 18.8. The highest BCUT2D eigenvalue weighted by Crippen LogP contribution is 2.89. The van der Waals surface area contributed by atoms with Crippen LogP contribution < -0.4 is 0 Å². The molecule has 2 unspecified atom stereocenters. The van der Waals surface area contributed by atoms with Crippen LogP contribution in [0.25, 0.3) is 0 Å². The number of methoxy groups -OCH3 is 1. The van der Waals surface area contributed by atoms with Crippen molar-refractivity contribution in [3.8, 4) is 0 Å². The van der Waals surface area contributed by atoms with E-state index in [9.17, 15) is 24.6 Å². The molecule has 1 heterocycles. The van der Waals surface area contributed by atoms with E-state index in [0.29, 0.717) is 19.4 Å². The molecule has 8 nitrogen and oxygen atoms in total. The maximum absolute atomic E-state index is 13.8. The number of esters is 2. The minimum atomic E-state index is -1.54. The van der Waals surface area contributed by atoms with Crippen molar-refractivity contribution in [3.05, 3.63) is 59.7 Å². The minimum absolute atomic E-state index is 0.0371. The van der Waals surface area contributed by atoms with Gasteiger partial charge in [-0.1, -0.05) is 172 Å². The first kappa shape index (κ1) is 50.1. The van der Waals surface area contributed by atoms with Gasteiger partial charge < -0.3 is 24.4 Å². The fourth-order valence-corrected chi connectivity index (χ4v) is 15.2. The molecule has 0 spiro atoms. The van der Waals surface area contributed by atoms with E-state index in [-0.39, 0.29) is 76.7 Å². The number of carbonyl (C=O) groups excluding carboxylic acids is 3. The molecule has 1 aromatic carbocycles. The summed E-state index contributed by atoms with van der Waals surface area (Å²) >= 11 is 0. The van der Waals surface area contributed by atoms with Crippen LogP contribution in [-0.4, -0.2) is 60.0 Å². The molecule has 0 radical (unpaired) electrons. The van der Waals surface area contributed by atoms with Crippen LogP contribution in [0.5, 0.6) is 0 Å². The zero-order valence-electron chi connectivity index (χ0n) is 41.3. The number of carbonyl (C=O) groups is 3. The highest BCUT2D eigenvalue weighted by Gasteiger charge is 2.84. The lowest BCUT2D eigenvalue weighted by molar-refractivity contribution is -0.199. The molecule has 3 saturated carbocycles. The Morgan fingerprint density at radius 3 is 2.17 bits per heavy atom. The minimum Gasteiger partial charge on any atom is -0.469 e. The number of Topliss-reactive ketones (excluding diaryl/α,β-unsaturated/α-hetero) is 1. The number of rotatable bonds is 25. The fraction of sp³-hybridized carbons (Fsp3) is 0.772. The SMILES string of the molecule is CCCCCCCCCCCCCCCCCC(=O)OCC(C)(O)CC(=O)CC(C(=O)OC)[C@@H]1CC[C@]23C[C@]12C=C[C@@H]1[C@@]2(C)CC=C4C[C@@H](c5ccccc5)OC[C@]4(C)[C@@H]2C[C@@H](O)[C@]13C. The van der Waals surface area contributed by atoms with E-state index >= 15 is 0 Å². The molecular formula is C57H86O8. The van der Waals surface area contributed by atoms with Gasteiger partial charge in [-0.3, -0.25) is 14.4 Å². The van der Waals surface area contributed by atoms with Crippen LogP contribution >= 0.6 is 0 Å². The van der Waals surface area contributed by atoms with Crippen molar-refractivity contribution in [2.24, 2.45) is 50.7 Å². The van der Waals surface area contributed by atoms with E-state index in [2.05, 4.69) is 70.2 Å². The molecule has 0 bridgehead atoms. The van der Waals surface area contributed by atoms with E-state index in [4.69, 9.17) is 14.2 Å². The number of hydrogen-bond donors (Lipinski definition) is 2. The quantitative estimate of drug-likeness (QED) is 0.0566. The Kier molecular flexibility index (Phi) is 16.0. The van der Waals surface area contributed by atoms with Crippen molar-refractivity contribution in [2.75, 3.05) is 20.3 Å². The lowest BCUT2D eigenvalue weighted by atomic mass is 9.38. The molecular weight excluding hydrogens is 813 g/mol. The van der Waals surface area contributed by atoms with Crippen molar-refractivity contribution in [1.82, 2.24) is 0 Å². The number of ether oxygens (including phenoxy) is 3. The zero-order valence-corrected chi connectivity index (χ0v) is 41.3. The lowest BCUT2D eigenvalue weighted by Gasteiger charge is -2.67. The maximum Gasteiger partial charge on any atom is 0.309 e. The van der Waals surface area contributed by atoms with Gasteiger partial charge in [0, 0.05) is 30.1 Å². The van der Waals surface area contributed by atoms with E-state index in [1.165, 1.54) is 102 Å². The number of aliphatic hydroxyl groups is 2. The molecule has 65 heavy (non-hydrogen) atoms. The van der Waals surface area contributed by atoms with Crippen LogP contribution in [-0.2, 0) is 28.6 Å². The molecule has 7 rings (SSSR count). The smallest absolute Gasteiger partial charge is 0.309 e. The molecule has 0 aromatic heterocycles. The van der Waals surface area contributed by atoms with Crippen LogP contribution in [0.15, 0.2) is 54.1 Å². The average molecular weight is 899 g/mol. The van der Waals surface area contributed by atoms with E-state index in [0.717, 1.165) is 51.4 Å². The van der Waals surface area contributed by atoms with Crippen molar-refractivity contribution in [2.45, 2.75) is 207 Å². The Balaban J connectivity index is 0.893. The van der Waals surface area contributed by atoms with Crippen LogP contribution in [0.2, 0.25) is 0 Å². The van der Waals surface area contributed by atoms with Gasteiger partial charge in [0.15, 0.2) is 0 Å². The van der Waals surface area contributed by atoms with Gasteiger partial charge in [-0.15, -0.1) is 0 Å². The third-order valence-electron chi connectivity index (χ3n) is 18.8. The molecule has 2 N–H and O–H groups in total. The summed E-state index contributed by atoms with van der Waals surface area (Å²) in [6.45, 7) is 11.3. The highest BCUT2D eigenvalue weighted by atomic mass is 16.5. The zero-order chi connectivity index (χ0) is 46.5. The van der Waals surface area contributed by atoms with E-state index < -0.39 is 29.0 Å². The summed E-state index contributed by atoms with van der Waals surface area (Å²) in [5.41, 5.74) is 0.0309. The van der Waals surface area contributed by atoms with Gasteiger partial charge in [0.25, 0.3) is 0 Å². The predicted octanol–water partition coefficient (Wildman–Crippen LogP) is 12.5. The van der Waals surface area contributed by atoms with Gasteiger partial charge in [0.2, 0.25) is 0 Å². The Labute approximate surface area is 392 Å². The molecule has 5 aliphatic carbocycles. The molecule has 12 atom stereocenters. The first-order valence-corrected chi connectivity index (χ1v) is 26.3. The Morgan fingerprint density at radius 1 is 0.908 bits per heavy atom. The number of allylic oxidation sites excluding steroid dienone is 3. The van der Waals surface area contributed by atoms with Crippen molar-refractivity contribution in [1.29, 1.82) is 0 Å². The number of aliphatic hydroxyl groups excluding tert-OH is 1. The van der Waals surface area contributed by atoms with E-state index in [1.807, 2.05) is 6.07 Å². The normalized spacial score (nSPS) is 35.6. The van der Waals surface area contributed by atoms with Crippen molar-refractivity contribution >= 4 is 17.7 Å². The van der Waals surface area contributed by atoms with Gasteiger partial charge in [0.05, 0.1) is 31.8 Å². The Bertz CT molecular complexity index is 1850. The number of hydrogen-bond acceptors (Lipinski definition) is 8. The summed E-state index contributed by atoms with van der Waals surface area (Å²) in [6.07, 6.45) is 30.9. The summed E-state index contributed by atoms with van der Waals surface area (Å²) < 4.78 is 17.6. The first-order chi connectivity index (χ1) is 31.1.